The predicted octanol–water partition coefficient (Wildman–Crippen LogP) is 1.23. The molecule has 4 rings (SSSR count). The summed E-state index contributed by atoms with van der Waals surface area (Å²) in [5.74, 6) is -1.77. The standard InChI is InChI=1S/C20H19NO6/c1-26-14-4-2-3-11(8-14)15(22)10-27-16(23)9-21-19(24)17-12-5-6-13(7-12)18(17)20(21)25/h2-6,8,12-13,17-18H,7,9-10H2,1H3/t12-,13+,17-,18-/m0/s1. The molecule has 1 heterocycles. The molecule has 2 aliphatic carbocycles. The van der Waals surface area contributed by atoms with Gasteiger partial charge in [-0.05, 0) is 30.4 Å². The molecule has 1 aromatic rings. The molecule has 1 aromatic carbocycles. The van der Waals surface area contributed by atoms with Gasteiger partial charge >= 0.3 is 5.97 Å². The number of hydrogen-bond acceptors (Lipinski definition) is 6. The largest absolute Gasteiger partial charge is 0.497 e. The molecule has 7 nitrogen and oxygen atoms in total. The van der Waals surface area contributed by atoms with E-state index < -0.39 is 19.1 Å². The van der Waals surface area contributed by atoms with Crippen LogP contribution in [0.5, 0.6) is 5.75 Å². The molecule has 2 fully saturated rings. The minimum Gasteiger partial charge on any atom is -0.497 e. The summed E-state index contributed by atoms with van der Waals surface area (Å²) in [7, 11) is 1.49. The summed E-state index contributed by atoms with van der Waals surface area (Å²) in [5, 5.41) is 0. The number of ether oxygens (including phenoxy) is 2. The molecule has 140 valence electrons. The Bertz CT molecular complexity index is 830. The van der Waals surface area contributed by atoms with Crippen LogP contribution in [0.2, 0.25) is 0 Å². The third-order valence-electron chi connectivity index (χ3n) is 5.60. The van der Waals surface area contributed by atoms with Crippen LogP contribution >= 0.6 is 0 Å². The first-order chi connectivity index (χ1) is 13.0. The van der Waals surface area contributed by atoms with Crippen LogP contribution in [0.3, 0.4) is 0 Å². The molecule has 0 radical (unpaired) electrons. The Kier molecular flexibility index (Phi) is 4.30. The first-order valence-corrected chi connectivity index (χ1v) is 8.86. The number of carbonyl (C=O) groups is 4. The van der Waals surface area contributed by atoms with E-state index >= 15 is 0 Å². The number of hydrogen-bond donors (Lipinski definition) is 0. The van der Waals surface area contributed by atoms with Gasteiger partial charge in [0.15, 0.2) is 12.4 Å². The van der Waals surface area contributed by atoms with Gasteiger partial charge in [0, 0.05) is 5.56 Å². The zero-order valence-electron chi connectivity index (χ0n) is 14.8. The Labute approximate surface area is 155 Å². The Balaban J connectivity index is 1.34. The highest BCUT2D eigenvalue weighted by atomic mass is 16.5. The van der Waals surface area contributed by atoms with Gasteiger partial charge in [-0.3, -0.25) is 24.1 Å². The lowest BCUT2D eigenvalue weighted by atomic mass is 9.85. The molecule has 27 heavy (non-hydrogen) atoms. The lowest BCUT2D eigenvalue weighted by molar-refractivity contribution is -0.152. The van der Waals surface area contributed by atoms with Gasteiger partial charge in [0.05, 0.1) is 18.9 Å². The van der Waals surface area contributed by atoms with Gasteiger partial charge < -0.3 is 9.47 Å². The van der Waals surface area contributed by atoms with E-state index in [0.717, 1.165) is 11.3 Å². The highest BCUT2D eigenvalue weighted by Gasteiger charge is 2.59. The number of ketones is 1. The minimum atomic E-state index is -0.770. The Morgan fingerprint density at radius 3 is 2.41 bits per heavy atom. The fourth-order valence-electron chi connectivity index (χ4n) is 4.32. The van der Waals surface area contributed by atoms with E-state index in [1.807, 2.05) is 12.2 Å². The monoisotopic (exact) mass is 369 g/mol. The summed E-state index contributed by atoms with van der Waals surface area (Å²) in [6.45, 7) is -0.905. The first-order valence-electron chi connectivity index (χ1n) is 8.86. The van der Waals surface area contributed by atoms with Crippen LogP contribution in [0, 0.1) is 23.7 Å². The van der Waals surface area contributed by atoms with Gasteiger partial charge in [0.1, 0.15) is 12.3 Å². The molecule has 0 unspecified atom stereocenters. The van der Waals surface area contributed by atoms with Crippen LogP contribution in [0.25, 0.3) is 0 Å². The lowest BCUT2D eigenvalue weighted by Gasteiger charge is -2.16. The summed E-state index contributed by atoms with van der Waals surface area (Å²) in [4.78, 5) is 50.3. The number of fused-ring (bicyclic) bond motifs is 5. The molecular weight excluding hydrogens is 350 g/mol. The molecule has 0 N–H and O–H groups in total. The average Bonchev–Trinajstić information content (AvgIpc) is 3.36. The Morgan fingerprint density at radius 2 is 1.78 bits per heavy atom. The number of esters is 1. The minimum absolute atomic E-state index is 0.0899. The van der Waals surface area contributed by atoms with E-state index in [1.165, 1.54) is 7.11 Å². The van der Waals surface area contributed by atoms with Crippen LogP contribution < -0.4 is 4.74 Å². The molecule has 0 aromatic heterocycles. The Morgan fingerprint density at radius 1 is 1.11 bits per heavy atom. The van der Waals surface area contributed by atoms with Gasteiger partial charge in [-0.15, -0.1) is 0 Å². The van der Waals surface area contributed by atoms with Crippen LogP contribution in [-0.4, -0.2) is 48.7 Å². The van der Waals surface area contributed by atoms with E-state index in [1.54, 1.807) is 24.3 Å². The van der Waals surface area contributed by atoms with Gasteiger partial charge in [0.25, 0.3) is 0 Å². The topological polar surface area (TPSA) is 90.0 Å². The van der Waals surface area contributed by atoms with E-state index in [4.69, 9.17) is 9.47 Å². The second kappa shape index (κ2) is 6.64. The first kappa shape index (κ1) is 17.5. The summed E-state index contributed by atoms with van der Waals surface area (Å²) >= 11 is 0. The maximum Gasteiger partial charge on any atom is 0.326 e. The number of carbonyl (C=O) groups excluding carboxylic acids is 4. The number of nitrogens with zero attached hydrogens (tertiary/aromatic N) is 1. The summed E-state index contributed by atoms with van der Waals surface area (Å²) in [5.41, 5.74) is 0.354. The normalized spacial score (nSPS) is 27.8. The van der Waals surface area contributed by atoms with Crippen molar-refractivity contribution >= 4 is 23.6 Å². The van der Waals surface area contributed by atoms with Crippen LogP contribution in [-0.2, 0) is 19.1 Å². The zero-order valence-corrected chi connectivity index (χ0v) is 14.8. The molecule has 1 aliphatic heterocycles. The van der Waals surface area contributed by atoms with Crippen molar-refractivity contribution in [3.8, 4) is 5.75 Å². The zero-order chi connectivity index (χ0) is 19.1. The van der Waals surface area contributed by atoms with E-state index in [9.17, 15) is 19.2 Å². The number of benzene rings is 1. The van der Waals surface area contributed by atoms with Gasteiger partial charge in [-0.1, -0.05) is 24.3 Å². The third kappa shape index (κ3) is 2.93. The molecular formula is C20H19NO6. The molecule has 1 saturated heterocycles. The molecule has 2 bridgehead atoms. The number of amides is 2. The molecule has 2 amide bonds. The SMILES string of the molecule is COc1cccc(C(=O)COC(=O)CN2C(=O)[C@@H]3[C@@H](C2=O)[C@H]2C=C[C@@H]3C2)c1. The number of allylic oxidation sites excluding steroid dienone is 2. The van der Waals surface area contributed by atoms with Crippen molar-refractivity contribution in [3.63, 3.8) is 0 Å². The van der Waals surface area contributed by atoms with E-state index in [2.05, 4.69) is 0 Å². The number of likely N-dealkylation sites (tertiary alicyclic amines) is 1. The van der Waals surface area contributed by atoms with Gasteiger partial charge in [-0.2, -0.15) is 0 Å². The smallest absolute Gasteiger partial charge is 0.326 e. The number of Topliss-reactive ketones (excluding diaryl/α,β-unsaturated/α-hetero) is 1. The van der Waals surface area contributed by atoms with Crippen molar-refractivity contribution < 1.29 is 28.7 Å². The lowest BCUT2D eigenvalue weighted by Crippen LogP contribution is -2.38. The van der Waals surface area contributed by atoms with Gasteiger partial charge in [0.2, 0.25) is 11.8 Å². The van der Waals surface area contributed by atoms with Crippen LogP contribution in [0.15, 0.2) is 36.4 Å². The second-order valence-electron chi connectivity index (χ2n) is 7.08. The molecule has 1 saturated carbocycles. The van der Waals surface area contributed by atoms with Crippen molar-refractivity contribution in [1.82, 2.24) is 4.90 Å². The highest BCUT2D eigenvalue weighted by molar-refractivity contribution is 6.08. The summed E-state index contributed by atoms with van der Waals surface area (Å²) < 4.78 is 10.0. The maximum absolute atomic E-state index is 12.5. The maximum atomic E-state index is 12.5. The van der Waals surface area contributed by atoms with Crippen molar-refractivity contribution in [2.45, 2.75) is 6.42 Å². The average molecular weight is 369 g/mol. The number of rotatable bonds is 6. The highest BCUT2D eigenvalue weighted by Crippen LogP contribution is 2.52. The van der Waals surface area contributed by atoms with Crippen molar-refractivity contribution in [3.05, 3.63) is 42.0 Å². The molecule has 3 aliphatic rings. The van der Waals surface area contributed by atoms with Crippen molar-refractivity contribution in [2.75, 3.05) is 20.3 Å². The molecule has 7 heteroatoms. The van der Waals surface area contributed by atoms with Crippen LogP contribution in [0.4, 0.5) is 0 Å². The third-order valence-corrected chi connectivity index (χ3v) is 5.60. The van der Waals surface area contributed by atoms with Crippen LogP contribution in [0.1, 0.15) is 16.8 Å². The second-order valence-corrected chi connectivity index (χ2v) is 7.08. The number of methoxy groups -OCH3 is 1. The number of imide groups is 1. The van der Waals surface area contributed by atoms with Crippen molar-refractivity contribution in [2.24, 2.45) is 23.7 Å². The summed E-state index contributed by atoms with van der Waals surface area (Å²) in [6.07, 6.45) is 4.82. The quantitative estimate of drug-likeness (QED) is 0.324. The Hall–Kier alpha value is -2.96. The van der Waals surface area contributed by atoms with E-state index in [0.29, 0.717) is 11.3 Å². The fraction of sp³-hybridized carbons (Fsp3) is 0.400. The predicted molar refractivity (Wildman–Crippen MR) is 92.7 cm³/mol. The van der Waals surface area contributed by atoms with E-state index in [-0.39, 0.29) is 41.3 Å². The molecule has 0 spiro atoms. The fourth-order valence-corrected chi connectivity index (χ4v) is 4.32. The van der Waals surface area contributed by atoms with Gasteiger partial charge in [-0.25, -0.2) is 0 Å². The summed E-state index contributed by atoms with van der Waals surface area (Å²) in [6, 6.07) is 6.51. The molecule has 4 atom stereocenters. The van der Waals surface area contributed by atoms with Crippen molar-refractivity contribution in [1.29, 1.82) is 0 Å².